The minimum absolute atomic E-state index is 0.107. The number of hydrogen-bond acceptors (Lipinski definition) is 2. The highest BCUT2D eigenvalue weighted by Gasteiger charge is 2.31. The fraction of sp³-hybridized carbons (Fsp3) is 0.214. The molecule has 0 radical (unpaired) electrons. The van der Waals surface area contributed by atoms with Gasteiger partial charge in [0, 0.05) is 10.8 Å². The van der Waals surface area contributed by atoms with Crippen LogP contribution in [0.5, 0.6) is 0 Å². The maximum Gasteiger partial charge on any atom is 0.175 e. The van der Waals surface area contributed by atoms with E-state index in [1.807, 2.05) is 12.1 Å². The number of carbonyl (C=O) groups is 1. The zero-order valence-corrected chi connectivity index (χ0v) is 11.0. The van der Waals surface area contributed by atoms with E-state index < -0.39 is 5.82 Å². The standard InChI is InChI=1S/C14H10ClFOS/c15-10-7-9(3-4-11(10)16)12-5-6-13(18-12)14(17)8-1-2-8/h3-8H,1-2H2. The fourth-order valence-electron chi connectivity index (χ4n) is 1.82. The summed E-state index contributed by atoms with van der Waals surface area (Å²) in [6.45, 7) is 0. The number of Topliss-reactive ketones (excluding diaryl/α,β-unsaturated/α-hetero) is 1. The van der Waals surface area contributed by atoms with Crippen LogP contribution in [0.25, 0.3) is 10.4 Å². The molecule has 18 heavy (non-hydrogen) atoms. The van der Waals surface area contributed by atoms with Crippen molar-refractivity contribution in [3.05, 3.63) is 46.0 Å². The smallest absolute Gasteiger partial charge is 0.175 e. The first-order valence-corrected chi connectivity index (χ1v) is 6.94. The largest absolute Gasteiger partial charge is 0.293 e. The molecular weight excluding hydrogens is 271 g/mol. The van der Waals surface area contributed by atoms with Gasteiger partial charge < -0.3 is 0 Å². The molecule has 1 aliphatic carbocycles. The molecule has 0 N–H and O–H groups in total. The van der Waals surface area contributed by atoms with E-state index in [-0.39, 0.29) is 16.7 Å². The highest BCUT2D eigenvalue weighted by Crippen LogP contribution is 2.37. The minimum atomic E-state index is -0.425. The molecule has 1 aliphatic rings. The first kappa shape index (κ1) is 11.9. The van der Waals surface area contributed by atoms with Gasteiger partial charge in [0.05, 0.1) is 9.90 Å². The number of halogens is 2. The maximum absolute atomic E-state index is 13.1. The molecule has 92 valence electrons. The Kier molecular flexibility index (Phi) is 2.96. The van der Waals surface area contributed by atoms with Gasteiger partial charge in [-0.1, -0.05) is 17.7 Å². The van der Waals surface area contributed by atoms with Gasteiger partial charge in [-0.05, 0) is 42.7 Å². The van der Waals surface area contributed by atoms with Crippen LogP contribution in [0.2, 0.25) is 5.02 Å². The van der Waals surface area contributed by atoms with E-state index in [1.165, 1.54) is 17.4 Å². The SMILES string of the molecule is O=C(c1ccc(-c2ccc(F)c(Cl)c2)s1)C1CC1. The zero-order chi connectivity index (χ0) is 12.7. The van der Waals surface area contributed by atoms with Crippen molar-refractivity contribution in [1.82, 2.24) is 0 Å². The fourth-order valence-corrected chi connectivity index (χ4v) is 3.02. The molecule has 4 heteroatoms. The van der Waals surface area contributed by atoms with Crippen molar-refractivity contribution in [3.8, 4) is 10.4 Å². The van der Waals surface area contributed by atoms with Crippen LogP contribution >= 0.6 is 22.9 Å². The summed E-state index contributed by atoms with van der Waals surface area (Å²) >= 11 is 7.20. The first-order valence-electron chi connectivity index (χ1n) is 5.74. The van der Waals surface area contributed by atoms with Gasteiger partial charge >= 0.3 is 0 Å². The summed E-state index contributed by atoms with van der Waals surface area (Å²) in [7, 11) is 0. The third-order valence-corrected chi connectivity index (χ3v) is 4.44. The molecule has 1 heterocycles. The third-order valence-electron chi connectivity index (χ3n) is 3.00. The second-order valence-corrected chi connectivity index (χ2v) is 5.92. The molecule has 0 amide bonds. The molecule has 1 aromatic heterocycles. The summed E-state index contributed by atoms with van der Waals surface area (Å²) in [6.07, 6.45) is 2.02. The van der Waals surface area contributed by atoms with Crippen LogP contribution in [-0.2, 0) is 0 Å². The zero-order valence-electron chi connectivity index (χ0n) is 9.45. The number of benzene rings is 1. The summed E-state index contributed by atoms with van der Waals surface area (Å²) in [5.74, 6) is 0.0408. The Balaban J connectivity index is 1.92. The van der Waals surface area contributed by atoms with E-state index in [1.54, 1.807) is 12.1 Å². The molecule has 1 aromatic carbocycles. The van der Waals surface area contributed by atoms with Crippen molar-refractivity contribution in [2.24, 2.45) is 5.92 Å². The predicted octanol–water partition coefficient (Wildman–Crippen LogP) is 4.80. The Hall–Kier alpha value is -1.19. The Morgan fingerprint density at radius 3 is 2.72 bits per heavy atom. The van der Waals surface area contributed by atoms with Crippen LogP contribution in [0, 0.1) is 11.7 Å². The van der Waals surface area contributed by atoms with Gasteiger partial charge in [0.25, 0.3) is 0 Å². The average Bonchev–Trinajstić information content (AvgIpc) is 3.09. The average molecular weight is 281 g/mol. The molecular formula is C14H10ClFOS. The molecule has 0 unspecified atom stereocenters. The van der Waals surface area contributed by atoms with Crippen molar-refractivity contribution in [3.63, 3.8) is 0 Å². The number of hydrogen-bond donors (Lipinski definition) is 0. The van der Waals surface area contributed by atoms with E-state index >= 15 is 0 Å². The van der Waals surface area contributed by atoms with Crippen LogP contribution in [-0.4, -0.2) is 5.78 Å². The van der Waals surface area contributed by atoms with Gasteiger partial charge in [-0.15, -0.1) is 11.3 Å². The Bertz CT molecular complexity index is 616. The molecule has 1 saturated carbocycles. The molecule has 2 aromatic rings. The van der Waals surface area contributed by atoms with Crippen LogP contribution in [0.15, 0.2) is 30.3 Å². The van der Waals surface area contributed by atoms with Gasteiger partial charge in [-0.2, -0.15) is 0 Å². The van der Waals surface area contributed by atoms with Crippen molar-refractivity contribution in [2.75, 3.05) is 0 Å². The molecule has 0 spiro atoms. The molecule has 1 fully saturated rings. The van der Waals surface area contributed by atoms with E-state index in [0.29, 0.717) is 0 Å². The number of rotatable bonds is 3. The van der Waals surface area contributed by atoms with Crippen LogP contribution < -0.4 is 0 Å². The summed E-state index contributed by atoms with van der Waals surface area (Å²) in [4.78, 5) is 13.6. The summed E-state index contributed by atoms with van der Waals surface area (Å²) < 4.78 is 13.1. The molecule has 0 bridgehead atoms. The Labute approximate surface area is 113 Å². The molecule has 0 saturated heterocycles. The lowest BCUT2D eigenvalue weighted by molar-refractivity contribution is 0.0971. The molecule has 0 atom stereocenters. The second kappa shape index (κ2) is 4.48. The summed E-state index contributed by atoms with van der Waals surface area (Å²) in [5.41, 5.74) is 0.848. The second-order valence-electron chi connectivity index (χ2n) is 4.43. The minimum Gasteiger partial charge on any atom is -0.293 e. The van der Waals surface area contributed by atoms with E-state index in [9.17, 15) is 9.18 Å². The number of thiophene rings is 1. The quantitative estimate of drug-likeness (QED) is 0.738. The lowest BCUT2D eigenvalue weighted by Gasteiger charge is -1.99. The molecule has 3 rings (SSSR count). The van der Waals surface area contributed by atoms with Crippen LogP contribution in [0.3, 0.4) is 0 Å². The van der Waals surface area contributed by atoms with Gasteiger partial charge in [0.1, 0.15) is 5.82 Å². The number of carbonyl (C=O) groups excluding carboxylic acids is 1. The highest BCUT2D eigenvalue weighted by molar-refractivity contribution is 7.17. The highest BCUT2D eigenvalue weighted by atomic mass is 35.5. The van der Waals surface area contributed by atoms with E-state index in [4.69, 9.17) is 11.6 Å². The van der Waals surface area contributed by atoms with Gasteiger partial charge in [-0.25, -0.2) is 4.39 Å². The van der Waals surface area contributed by atoms with Crippen LogP contribution in [0.1, 0.15) is 22.5 Å². The van der Waals surface area contributed by atoms with Crippen molar-refractivity contribution < 1.29 is 9.18 Å². The molecule has 1 nitrogen and oxygen atoms in total. The normalized spacial score (nSPS) is 14.8. The third kappa shape index (κ3) is 2.20. The van der Waals surface area contributed by atoms with Gasteiger partial charge in [0.2, 0.25) is 0 Å². The topological polar surface area (TPSA) is 17.1 Å². The van der Waals surface area contributed by atoms with Crippen molar-refractivity contribution >= 4 is 28.7 Å². The van der Waals surface area contributed by atoms with E-state index in [0.717, 1.165) is 28.2 Å². The predicted molar refractivity (Wildman–Crippen MR) is 71.8 cm³/mol. The lowest BCUT2D eigenvalue weighted by atomic mass is 10.2. The Morgan fingerprint density at radius 2 is 2.06 bits per heavy atom. The summed E-state index contributed by atoms with van der Waals surface area (Å²) in [6, 6.07) is 8.36. The van der Waals surface area contributed by atoms with E-state index in [2.05, 4.69) is 0 Å². The molecule has 0 aliphatic heterocycles. The van der Waals surface area contributed by atoms with Crippen molar-refractivity contribution in [1.29, 1.82) is 0 Å². The lowest BCUT2D eigenvalue weighted by Crippen LogP contribution is -1.96. The van der Waals surface area contributed by atoms with Gasteiger partial charge in [0.15, 0.2) is 5.78 Å². The van der Waals surface area contributed by atoms with Crippen LogP contribution in [0.4, 0.5) is 4.39 Å². The van der Waals surface area contributed by atoms with Crippen molar-refractivity contribution in [2.45, 2.75) is 12.8 Å². The maximum atomic E-state index is 13.1. The first-order chi connectivity index (χ1) is 8.65. The Morgan fingerprint density at radius 1 is 1.28 bits per heavy atom. The van der Waals surface area contributed by atoms with Gasteiger partial charge in [-0.3, -0.25) is 4.79 Å². The monoisotopic (exact) mass is 280 g/mol. The summed E-state index contributed by atoms with van der Waals surface area (Å²) in [5, 5.41) is 0.107. The number of ketones is 1.